The van der Waals surface area contributed by atoms with Crippen LogP contribution in [0.25, 0.3) is 10.8 Å². The van der Waals surface area contributed by atoms with Crippen LogP contribution in [0.3, 0.4) is 0 Å². The van der Waals surface area contributed by atoms with Crippen molar-refractivity contribution < 1.29 is 41.8 Å². The second kappa shape index (κ2) is 14.8. The number of carbonyl (C=O) groups is 4. The smallest absolute Gasteiger partial charge is 0.408 e. The molecular formula is C38H51N5O9S. The minimum absolute atomic E-state index is 0.0303. The maximum absolute atomic E-state index is 14.7. The number of nitrogens with zero attached hydrogens (tertiary/aromatic N) is 2. The molecule has 0 unspecified atom stereocenters. The minimum atomic E-state index is -3.90. The third kappa shape index (κ3) is 8.71. The van der Waals surface area contributed by atoms with Crippen LogP contribution in [0.2, 0.25) is 0 Å². The Labute approximate surface area is 310 Å². The first-order valence-corrected chi connectivity index (χ1v) is 20.0. The summed E-state index contributed by atoms with van der Waals surface area (Å²) in [6.45, 7) is 9.14. The predicted octanol–water partition coefficient (Wildman–Crippen LogP) is 3.98. The number of aromatic nitrogens is 1. The first-order chi connectivity index (χ1) is 25.0. The molecule has 7 atom stereocenters. The van der Waals surface area contributed by atoms with Crippen molar-refractivity contribution in [3.8, 4) is 11.8 Å². The predicted molar refractivity (Wildman–Crippen MR) is 196 cm³/mol. The lowest BCUT2D eigenvalue weighted by atomic mass is 9.88. The Morgan fingerprint density at radius 2 is 1.81 bits per heavy atom. The van der Waals surface area contributed by atoms with Crippen LogP contribution in [0, 0.1) is 17.8 Å². The van der Waals surface area contributed by atoms with Gasteiger partial charge in [0.1, 0.15) is 29.3 Å². The molecule has 4 amide bonds. The summed E-state index contributed by atoms with van der Waals surface area (Å²) in [6.07, 6.45) is 5.57. The second-order valence-corrected chi connectivity index (χ2v) is 18.0. The quantitative estimate of drug-likeness (QED) is 0.350. The average Bonchev–Trinajstić information content (AvgIpc) is 4.01. The van der Waals surface area contributed by atoms with Gasteiger partial charge in [-0.2, -0.15) is 4.98 Å². The highest BCUT2D eigenvalue weighted by Crippen LogP contribution is 2.46. The molecule has 2 aromatic rings. The maximum atomic E-state index is 14.7. The summed E-state index contributed by atoms with van der Waals surface area (Å²) in [7, 11) is -2.40. The van der Waals surface area contributed by atoms with Crippen molar-refractivity contribution in [1.82, 2.24) is 25.2 Å². The van der Waals surface area contributed by atoms with Crippen molar-refractivity contribution in [2.24, 2.45) is 17.8 Å². The molecule has 4 aliphatic rings. The van der Waals surface area contributed by atoms with E-state index in [9.17, 15) is 27.6 Å². The van der Waals surface area contributed by atoms with E-state index in [2.05, 4.69) is 27.3 Å². The van der Waals surface area contributed by atoms with Gasteiger partial charge in [0.25, 0.3) is 5.91 Å². The monoisotopic (exact) mass is 753 g/mol. The molecule has 1 aromatic heterocycles. The van der Waals surface area contributed by atoms with Crippen LogP contribution < -0.4 is 24.8 Å². The number of rotatable bonds is 7. The topological polar surface area (TPSA) is 182 Å². The lowest BCUT2D eigenvalue weighted by molar-refractivity contribution is -0.142. The number of alkyl carbamates (subject to hydrolysis) is 1. The van der Waals surface area contributed by atoms with Crippen LogP contribution in [-0.2, 0) is 29.1 Å². The van der Waals surface area contributed by atoms with Crippen molar-refractivity contribution in [3.05, 3.63) is 42.5 Å². The molecule has 14 nitrogen and oxygen atoms in total. The zero-order valence-electron chi connectivity index (χ0n) is 31.2. The number of pyridine rings is 1. The van der Waals surface area contributed by atoms with Gasteiger partial charge in [0, 0.05) is 23.8 Å². The molecule has 288 valence electrons. The molecular weight excluding hydrogens is 703 g/mol. The number of allylic oxidation sites excluding steroid dienone is 1. The number of carbonyl (C=O) groups excluding carboxylic acids is 4. The van der Waals surface area contributed by atoms with Crippen LogP contribution in [0.4, 0.5) is 4.79 Å². The lowest BCUT2D eigenvalue weighted by Crippen LogP contribution is -2.59. The molecule has 3 N–H and O–H groups in total. The van der Waals surface area contributed by atoms with Gasteiger partial charge in [-0.15, -0.1) is 0 Å². The number of benzene rings is 1. The summed E-state index contributed by atoms with van der Waals surface area (Å²) in [5.74, 6) is -1.96. The number of sulfonamides is 1. The Morgan fingerprint density at radius 1 is 1.08 bits per heavy atom. The standard InChI is InChI=1S/C38H51N5O9S/c1-22-11-7-9-13-25-20-38(25,35(46)42-53(48,49)27-15-16-27)41-32(44)29-19-26(51-33-28-14-10-8-12-24(28)18-30(39-33)50-6)21-43(29)34(45)31(23(2)17-22)40-36(47)52-37(3,4)5/h8-10,12-14,18,22-23,25-27,29,31H,7,11,15-17,19-21H2,1-6H3,(H,40,47)(H,41,44)(H,42,46)/b13-9-/t22-,23-,25-,26-,29+,31+,38-/m1/s1. The molecule has 2 aliphatic carbocycles. The molecule has 0 radical (unpaired) electrons. The van der Waals surface area contributed by atoms with Crippen LogP contribution in [0.5, 0.6) is 11.8 Å². The van der Waals surface area contributed by atoms with Gasteiger partial charge in [-0.3, -0.25) is 19.1 Å². The van der Waals surface area contributed by atoms with E-state index in [1.807, 2.05) is 43.3 Å². The van der Waals surface area contributed by atoms with Gasteiger partial charge in [-0.25, -0.2) is 13.2 Å². The van der Waals surface area contributed by atoms with Crippen molar-refractivity contribution in [1.29, 1.82) is 0 Å². The van der Waals surface area contributed by atoms with Gasteiger partial charge in [0.15, 0.2) is 0 Å². The Bertz CT molecular complexity index is 1890. The fourth-order valence-electron chi connectivity index (χ4n) is 7.43. The van der Waals surface area contributed by atoms with Gasteiger partial charge < -0.3 is 29.7 Å². The van der Waals surface area contributed by atoms with Crippen molar-refractivity contribution >= 4 is 44.6 Å². The first kappa shape index (κ1) is 38.3. The average molecular weight is 754 g/mol. The molecule has 15 heteroatoms. The van der Waals surface area contributed by atoms with Gasteiger partial charge in [-0.05, 0) is 82.6 Å². The van der Waals surface area contributed by atoms with Crippen molar-refractivity contribution in [2.45, 2.75) is 114 Å². The van der Waals surface area contributed by atoms with E-state index in [4.69, 9.17) is 14.2 Å². The highest BCUT2D eigenvalue weighted by Gasteiger charge is 2.62. The van der Waals surface area contributed by atoms with Crippen LogP contribution in [0.1, 0.15) is 79.6 Å². The third-order valence-corrected chi connectivity index (χ3v) is 12.3. The zero-order valence-corrected chi connectivity index (χ0v) is 32.0. The Kier molecular flexibility index (Phi) is 10.7. The summed E-state index contributed by atoms with van der Waals surface area (Å²) >= 11 is 0. The van der Waals surface area contributed by atoms with Crippen LogP contribution in [0.15, 0.2) is 42.5 Å². The van der Waals surface area contributed by atoms with Gasteiger partial charge >= 0.3 is 6.09 Å². The molecule has 3 heterocycles. The Balaban J connectivity index is 1.35. The maximum Gasteiger partial charge on any atom is 0.408 e. The lowest BCUT2D eigenvalue weighted by Gasteiger charge is -2.33. The van der Waals surface area contributed by atoms with E-state index in [-0.39, 0.29) is 37.1 Å². The van der Waals surface area contributed by atoms with Gasteiger partial charge in [-0.1, -0.05) is 44.2 Å². The van der Waals surface area contributed by atoms with Gasteiger partial charge in [0.2, 0.25) is 33.6 Å². The Morgan fingerprint density at radius 3 is 2.51 bits per heavy atom. The number of nitrogens with one attached hydrogen (secondary N) is 3. The summed E-state index contributed by atoms with van der Waals surface area (Å²) < 4.78 is 45.4. The number of ether oxygens (including phenoxy) is 3. The molecule has 6 rings (SSSR count). The summed E-state index contributed by atoms with van der Waals surface area (Å²) in [5, 5.41) is 6.59. The first-order valence-electron chi connectivity index (χ1n) is 18.4. The largest absolute Gasteiger partial charge is 0.481 e. The van der Waals surface area contributed by atoms with E-state index in [0.29, 0.717) is 36.9 Å². The highest BCUT2D eigenvalue weighted by atomic mass is 32.2. The zero-order chi connectivity index (χ0) is 38.3. The molecule has 1 saturated heterocycles. The molecule has 3 fully saturated rings. The number of hydrogen-bond donors (Lipinski definition) is 3. The van der Waals surface area contributed by atoms with Crippen molar-refractivity contribution in [2.75, 3.05) is 13.7 Å². The Hall–Kier alpha value is -4.40. The fourth-order valence-corrected chi connectivity index (χ4v) is 8.79. The molecule has 53 heavy (non-hydrogen) atoms. The number of amides is 4. The summed E-state index contributed by atoms with van der Waals surface area (Å²) in [4.78, 5) is 62.0. The molecule has 2 saturated carbocycles. The molecule has 1 aromatic carbocycles. The summed E-state index contributed by atoms with van der Waals surface area (Å²) in [6, 6.07) is 7.08. The van der Waals surface area contributed by atoms with Gasteiger partial charge in [0.05, 0.1) is 18.9 Å². The number of methoxy groups -OCH3 is 1. The third-order valence-electron chi connectivity index (χ3n) is 10.5. The second-order valence-electron chi connectivity index (χ2n) is 16.1. The minimum Gasteiger partial charge on any atom is -0.481 e. The molecule has 0 spiro atoms. The molecule has 0 bridgehead atoms. The SMILES string of the molecule is COc1cc2ccccc2c(O[C@@H]2C[C@H]3C(=O)N[C@]4(C(=O)NS(=O)(=O)C5CC5)C[C@H]4/C=C\CC[C@@H](C)C[C@@H](C)[C@H](NC(=O)OC(C)(C)C)C(=O)N3C2)n1. The van der Waals surface area contributed by atoms with E-state index >= 15 is 0 Å². The number of fused-ring (bicyclic) bond motifs is 3. The van der Waals surface area contributed by atoms with Crippen LogP contribution >= 0.6 is 0 Å². The fraction of sp³-hybridized carbons (Fsp3) is 0.605. The summed E-state index contributed by atoms with van der Waals surface area (Å²) in [5.41, 5.74) is -2.33. The van der Waals surface area contributed by atoms with E-state index < -0.39 is 74.3 Å². The van der Waals surface area contributed by atoms with Crippen molar-refractivity contribution in [3.63, 3.8) is 0 Å². The normalized spacial score (nSPS) is 30.1. The van der Waals surface area contributed by atoms with E-state index in [1.165, 1.54) is 12.0 Å². The van der Waals surface area contributed by atoms with Crippen LogP contribution in [-0.4, -0.2) is 90.3 Å². The molecule has 2 aliphatic heterocycles. The number of hydrogen-bond acceptors (Lipinski definition) is 10. The van der Waals surface area contributed by atoms with E-state index in [0.717, 1.165) is 11.8 Å². The van der Waals surface area contributed by atoms with E-state index in [1.54, 1.807) is 26.8 Å². The highest BCUT2D eigenvalue weighted by molar-refractivity contribution is 7.91.